The fourth-order valence-corrected chi connectivity index (χ4v) is 0.657. The topological polar surface area (TPSA) is 16.8 Å². The molecular weight excluding hydrogens is 96.1 g/mol. The Balaban J connectivity index is 3.05. The van der Waals surface area contributed by atoms with Gasteiger partial charge in [-0.3, -0.25) is 0 Å². The van der Waals surface area contributed by atoms with Crippen LogP contribution in [0.2, 0.25) is 0 Å². The molecule has 0 atom stereocenters. The van der Waals surface area contributed by atoms with Crippen LogP contribution in [0.1, 0.15) is 0 Å². The molecule has 0 aliphatic rings. The van der Waals surface area contributed by atoms with Gasteiger partial charge in [0.15, 0.2) is 18.6 Å². The Labute approximate surface area is 40.2 Å². The lowest BCUT2D eigenvalue weighted by molar-refractivity contribution is -0.663. The molecule has 0 saturated heterocycles. The van der Waals surface area contributed by atoms with Crippen molar-refractivity contribution >= 4 is 11.5 Å². The van der Waals surface area contributed by atoms with Crippen LogP contribution in [-0.2, 0) is 7.05 Å². The maximum atomic E-state index is 3.85. The van der Waals surface area contributed by atoms with E-state index in [4.69, 9.17) is 0 Å². The average Bonchev–Trinajstić information content (AvgIpc) is 1.86. The molecule has 0 N–H and O–H groups in total. The van der Waals surface area contributed by atoms with Crippen molar-refractivity contribution in [1.29, 1.82) is 0 Å². The standard InChI is InChI=1S/C3H5N2S/c1-5-4-2-3-6-5/h2-3H,1H3/q+1. The van der Waals surface area contributed by atoms with Crippen molar-refractivity contribution in [2.75, 3.05) is 0 Å². The first-order chi connectivity index (χ1) is 2.89. The molecule has 0 saturated carbocycles. The summed E-state index contributed by atoms with van der Waals surface area (Å²) in [5, 5.41) is 5.78. The molecule has 0 aliphatic heterocycles. The van der Waals surface area contributed by atoms with E-state index in [0.717, 1.165) is 0 Å². The molecule has 0 bridgehead atoms. The number of rotatable bonds is 0. The summed E-state index contributed by atoms with van der Waals surface area (Å²) in [6, 6.07) is 0. The molecule has 3 heteroatoms. The summed E-state index contributed by atoms with van der Waals surface area (Å²) < 4.78 is 1.79. The third-order valence-corrected chi connectivity index (χ3v) is 1.15. The SMILES string of the molecule is C[n+]1nccs1. The van der Waals surface area contributed by atoms with Crippen LogP contribution in [0.5, 0.6) is 0 Å². The first-order valence-electron chi connectivity index (χ1n) is 1.66. The zero-order valence-corrected chi connectivity index (χ0v) is 4.27. The summed E-state index contributed by atoms with van der Waals surface area (Å²) in [4.78, 5) is 0. The van der Waals surface area contributed by atoms with E-state index < -0.39 is 0 Å². The third-order valence-electron chi connectivity index (χ3n) is 0.504. The zero-order chi connectivity index (χ0) is 4.41. The lowest BCUT2D eigenvalue weighted by Crippen LogP contribution is -2.24. The van der Waals surface area contributed by atoms with Gasteiger partial charge in [0.05, 0.1) is 5.38 Å². The van der Waals surface area contributed by atoms with Crippen LogP contribution in [0.3, 0.4) is 0 Å². The van der Waals surface area contributed by atoms with Crippen molar-refractivity contribution in [3.63, 3.8) is 0 Å². The highest BCUT2D eigenvalue weighted by Crippen LogP contribution is 1.75. The van der Waals surface area contributed by atoms with E-state index in [-0.39, 0.29) is 0 Å². The summed E-state index contributed by atoms with van der Waals surface area (Å²) in [7, 11) is 1.91. The van der Waals surface area contributed by atoms with Crippen molar-refractivity contribution in [3.05, 3.63) is 11.6 Å². The summed E-state index contributed by atoms with van der Waals surface area (Å²) in [6.07, 6.45) is 1.77. The number of aromatic nitrogens is 2. The summed E-state index contributed by atoms with van der Waals surface area (Å²) in [6.45, 7) is 0. The number of hydrogen-bond acceptors (Lipinski definition) is 2. The predicted molar refractivity (Wildman–Crippen MR) is 23.3 cm³/mol. The van der Waals surface area contributed by atoms with Crippen molar-refractivity contribution in [2.45, 2.75) is 0 Å². The van der Waals surface area contributed by atoms with Crippen LogP contribution < -0.4 is 4.07 Å². The van der Waals surface area contributed by atoms with Crippen molar-refractivity contribution in [1.82, 2.24) is 5.10 Å². The van der Waals surface area contributed by atoms with Crippen LogP contribution in [0.15, 0.2) is 11.6 Å². The minimum absolute atomic E-state index is 1.58. The Hall–Kier alpha value is -0.440. The summed E-state index contributed by atoms with van der Waals surface area (Å²) in [5.41, 5.74) is 0. The highest BCUT2D eigenvalue weighted by atomic mass is 32.1. The van der Waals surface area contributed by atoms with Gasteiger partial charge in [-0.1, -0.05) is 0 Å². The van der Waals surface area contributed by atoms with Gasteiger partial charge >= 0.3 is 0 Å². The second kappa shape index (κ2) is 1.34. The maximum Gasteiger partial charge on any atom is 0.180 e. The van der Waals surface area contributed by atoms with Crippen molar-refractivity contribution in [3.8, 4) is 0 Å². The normalized spacial score (nSPS) is 8.83. The third kappa shape index (κ3) is 0.542. The summed E-state index contributed by atoms with van der Waals surface area (Å²) >= 11 is 1.58. The fraction of sp³-hybridized carbons (Fsp3) is 0.333. The molecule has 1 aromatic heterocycles. The Morgan fingerprint density at radius 1 is 1.83 bits per heavy atom. The minimum atomic E-state index is 1.58. The van der Waals surface area contributed by atoms with E-state index in [1.807, 2.05) is 12.4 Å². The molecule has 0 aliphatic carbocycles. The lowest BCUT2D eigenvalue weighted by Gasteiger charge is -1.57. The molecule has 0 fully saturated rings. The highest BCUT2D eigenvalue weighted by molar-refractivity contribution is 6.99. The van der Waals surface area contributed by atoms with E-state index in [1.54, 1.807) is 21.8 Å². The Bertz CT molecular complexity index is 112. The van der Waals surface area contributed by atoms with Crippen molar-refractivity contribution in [2.24, 2.45) is 7.05 Å². The molecule has 1 heterocycles. The quantitative estimate of drug-likeness (QED) is 0.419. The van der Waals surface area contributed by atoms with Crippen LogP contribution in [0, 0.1) is 0 Å². The van der Waals surface area contributed by atoms with Gasteiger partial charge in [-0.05, 0) is 4.07 Å². The van der Waals surface area contributed by atoms with Crippen LogP contribution >= 0.6 is 11.5 Å². The molecule has 2 nitrogen and oxygen atoms in total. The van der Waals surface area contributed by atoms with Gasteiger partial charge in [-0.2, -0.15) is 0 Å². The lowest BCUT2D eigenvalue weighted by atomic mass is 11.0. The van der Waals surface area contributed by atoms with Gasteiger partial charge in [-0.15, -0.1) is 0 Å². The molecule has 32 valence electrons. The predicted octanol–water partition coefficient (Wildman–Crippen LogP) is -0.0324. The molecule has 0 unspecified atom stereocenters. The molecule has 1 aromatic rings. The molecule has 0 radical (unpaired) electrons. The zero-order valence-electron chi connectivity index (χ0n) is 3.46. The van der Waals surface area contributed by atoms with E-state index in [9.17, 15) is 0 Å². The molecule has 6 heavy (non-hydrogen) atoms. The highest BCUT2D eigenvalue weighted by Gasteiger charge is 1.85. The van der Waals surface area contributed by atoms with Crippen LogP contribution in [-0.4, -0.2) is 5.10 Å². The molecular formula is C3H5N2S+. The van der Waals surface area contributed by atoms with E-state index >= 15 is 0 Å². The van der Waals surface area contributed by atoms with E-state index in [1.165, 1.54) is 0 Å². The fourth-order valence-electron chi connectivity index (χ4n) is 0.264. The first-order valence-corrected chi connectivity index (χ1v) is 2.49. The first kappa shape index (κ1) is 3.74. The van der Waals surface area contributed by atoms with E-state index in [0.29, 0.717) is 0 Å². The molecule has 0 spiro atoms. The molecule has 0 amide bonds. The Morgan fingerprint density at radius 2 is 2.67 bits per heavy atom. The molecule has 1 rings (SSSR count). The summed E-state index contributed by atoms with van der Waals surface area (Å²) in [5.74, 6) is 0. The van der Waals surface area contributed by atoms with Crippen LogP contribution in [0.25, 0.3) is 0 Å². The molecule has 0 aromatic carbocycles. The monoisotopic (exact) mass is 101 g/mol. The Kier molecular flexibility index (Phi) is 0.837. The maximum absolute atomic E-state index is 3.85. The van der Waals surface area contributed by atoms with Gasteiger partial charge in [0.25, 0.3) is 0 Å². The van der Waals surface area contributed by atoms with Crippen molar-refractivity contribution < 1.29 is 4.07 Å². The average molecular weight is 101 g/mol. The number of hydrogen-bond donors (Lipinski definition) is 0. The van der Waals surface area contributed by atoms with E-state index in [2.05, 4.69) is 5.10 Å². The largest absolute Gasteiger partial charge is 0.180 e. The van der Waals surface area contributed by atoms with Crippen LogP contribution in [0.4, 0.5) is 0 Å². The van der Waals surface area contributed by atoms with Gasteiger partial charge in [-0.25, -0.2) is 0 Å². The number of aryl methyl sites for hydroxylation is 1. The minimum Gasteiger partial charge on any atom is -0.0290 e. The number of nitrogens with zero attached hydrogens (tertiary/aromatic N) is 2. The van der Waals surface area contributed by atoms with Gasteiger partial charge < -0.3 is 0 Å². The second-order valence-electron chi connectivity index (χ2n) is 0.970. The second-order valence-corrected chi connectivity index (χ2v) is 1.98. The van der Waals surface area contributed by atoms with Gasteiger partial charge in [0.1, 0.15) is 6.20 Å². The Morgan fingerprint density at radius 3 is 2.83 bits per heavy atom. The van der Waals surface area contributed by atoms with Gasteiger partial charge in [0, 0.05) is 5.10 Å². The van der Waals surface area contributed by atoms with Gasteiger partial charge in [0.2, 0.25) is 0 Å². The smallest absolute Gasteiger partial charge is 0.0290 e.